The Hall–Kier alpha value is -2.38. The van der Waals surface area contributed by atoms with Crippen LogP contribution in [0, 0.1) is 12.3 Å². The number of aromatic amines is 1. The molecule has 3 aromatic heterocycles. The lowest BCUT2D eigenvalue weighted by Crippen LogP contribution is -2.43. The Morgan fingerprint density at radius 2 is 1.97 bits per heavy atom. The molecule has 3 aromatic rings. The molecule has 1 aliphatic rings. The lowest BCUT2D eigenvalue weighted by molar-refractivity contribution is -0.0694. The van der Waals surface area contributed by atoms with Gasteiger partial charge in [-0.3, -0.25) is 9.88 Å². The summed E-state index contributed by atoms with van der Waals surface area (Å²) in [5.41, 5.74) is 3.82. The van der Waals surface area contributed by atoms with Gasteiger partial charge in [0.15, 0.2) is 5.65 Å². The van der Waals surface area contributed by atoms with Crippen molar-refractivity contribution >= 4 is 11.2 Å². The van der Waals surface area contributed by atoms with E-state index in [0.717, 1.165) is 74.5 Å². The van der Waals surface area contributed by atoms with Crippen LogP contribution in [0.3, 0.4) is 0 Å². The van der Waals surface area contributed by atoms with Gasteiger partial charge >= 0.3 is 0 Å². The first-order valence-electron chi connectivity index (χ1n) is 12.6. The summed E-state index contributed by atoms with van der Waals surface area (Å²) in [5.74, 6) is 0.975. The van der Waals surface area contributed by atoms with E-state index < -0.39 is 0 Å². The molecule has 1 saturated heterocycles. The highest BCUT2D eigenvalue weighted by atomic mass is 16.5. The van der Waals surface area contributed by atoms with Gasteiger partial charge in [0, 0.05) is 35.8 Å². The maximum Gasteiger partial charge on any atom is 0.180 e. The first-order chi connectivity index (χ1) is 16.1. The minimum absolute atomic E-state index is 0.0745. The van der Waals surface area contributed by atoms with E-state index in [2.05, 4.69) is 71.6 Å². The average Bonchev–Trinajstić information content (AvgIpc) is 3.42. The van der Waals surface area contributed by atoms with E-state index >= 15 is 0 Å². The molecule has 0 unspecified atom stereocenters. The van der Waals surface area contributed by atoms with Crippen LogP contribution in [0.4, 0.5) is 0 Å². The highest BCUT2D eigenvalue weighted by molar-refractivity contribution is 5.68. The molecule has 184 valence electrons. The Balaban J connectivity index is 1.53. The summed E-state index contributed by atoms with van der Waals surface area (Å²) >= 11 is 0. The number of H-pyrrole nitrogens is 1. The number of fused-ring (bicyclic) bond motifs is 1. The minimum Gasteiger partial charge on any atom is -0.375 e. The monoisotopic (exact) mass is 464 g/mol. The number of hydrogen-bond acceptors (Lipinski definition) is 6. The third kappa shape index (κ3) is 5.47. The molecule has 7 nitrogen and oxygen atoms in total. The molecule has 0 saturated carbocycles. The average molecular weight is 465 g/mol. The first kappa shape index (κ1) is 24.7. The van der Waals surface area contributed by atoms with Gasteiger partial charge in [-0.15, -0.1) is 0 Å². The summed E-state index contributed by atoms with van der Waals surface area (Å²) < 4.78 is 6.60. The number of rotatable bonds is 10. The maximum atomic E-state index is 6.60. The van der Waals surface area contributed by atoms with Crippen LogP contribution in [0.25, 0.3) is 11.2 Å². The van der Waals surface area contributed by atoms with Gasteiger partial charge in [-0.05, 0) is 72.1 Å². The van der Waals surface area contributed by atoms with E-state index in [9.17, 15) is 0 Å². The highest BCUT2D eigenvalue weighted by Crippen LogP contribution is 2.42. The number of nitrogens with one attached hydrogen (secondary N) is 1. The summed E-state index contributed by atoms with van der Waals surface area (Å²) in [6.07, 6.45) is 10.6. The van der Waals surface area contributed by atoms with Crippen molar-refractivity contribution in [1.82, 2.24) is 29.8 Å². The Kier molecular flexibility index (Phi) is 7.06. The molecule has 0 amide bonds. The van der Waals surface area contributed by atoms with Crippen LogP contribution in [0.15, 0.2) is 30.9 Å². The second kappa shape index (κ2) is 9.70. The predicted molar refractivity (Wildman–Crippen MR) is 136 cm³/mol. The summed E-state index contributed by atoms with van der Waals surface area (Å²) in [5, 5.41) is 0. The Morgan fingerprint density at radius 1 is 1.15 bits per heavy atom. The Bertz CT molecular complexity index is 1060. The van der Waals surface area contributed by atoms with Crippen LogP contribution >= 0.6 is 0 Å². The second-order valence-electron chi connectivity index (χ2n) is 11.2. The van der Waals surface area contributed by atoms with E-state index in [1.54, 1.807) is 12.5 Å². The number of nitrogens with zero attached hydrogens (tertiary/aromatic N) is 5. The molecule has 0 aromatic carbocycles. The standard InChI is InChI=1S/C27H40N6O/c1-7-11-25(3,4)34-18-27(12-10-23-31-22-16-28-19-30-24(22)32-23)13-14-33(17-27)26(5,6)21-9-8-20(2)29-15-21/h8-9,15-16,19H,7,10-14,17-18H2,1-6H3,(H,28,30,31,32)/t27-/m1/s1. The van der Waals surface area contributed by atoms with Gasteiger partial charge in [-0.25, -0.2) is 15.0 Å². The Labute approximate surface area is 203 Å². The molecule has 4 heterocycles. The fourth-order valence-electron chi connectivity index (χ4n) is 5.15. The van der Waals surface area contributed by atoms with Crippen LogP contribution in [0.2, 0.25) is 0 Å². The van der Waals surface area contributed by atoms with Crippen molar-refractivity contribution in [2.45, 2.75) is 84.8 Å². The summed E-state index contributed by atoms with van der Waals surface area (Å²) in [6.45, 7) is 16.1. The van der Waals surface area contributed by atoms with Gasteiger partial charge in [0.1, 0.15) is 17.7 Å². The Morgan fingerprint density at radius 3 is 2.68 bits per heavy atom. The van der Waals surface area contributed by atoms with Crippen molar-refractivity contribution in [1.29, 1.82) is 0 Å². The summed E-state index contributed by atoms with van der Waals surface area (Å²) in [4.78, 5) is 23.7. The van der Waals surface area contributed by atoms with E-state index in [0.29, 0.717) is 0 Å². The molecule has 0 bridgehead atoms. The molecular weight excluding hydrogens is 424 g/mol. The number of imidazole rings is 1. The van der Waals surface area contributed by atoms with Crippen molar-refractivity contribution in [3.63, 3.8) is 0 Å². The van der Waals surface area contributed by atoms with Gasteiger partial charge in [0.05, 0.1) is 18.4 Å². The third-order valence-corrected chi connectivity index (χ3v) is 7.57. The van der Waals surface area contributed by atoms with Crippen LogP contribution in [-0.2, 0) is 16.7 Å². The lowest BCUT2D eigenvalue weighted by Gasteiger charge is -2.39. The first-order valence-corrected chi connectivity index (χ1v) is 12.6. The number of ether oxygens (including phenoxy) is 1. The van der Waals surface area contributed by atoms with Gasteiger partial charge in [0.2, 0.25) is 0 Å². The maximum absolute atomic E-state index is 6.60. The number of hydrogen-bond donors (Lipinski definition) is 1. The molecule has 1 fully saturated rings. The van der Waals surface area contributed by atoms with Crippen molar-refractivity contribution < 1.29 is 4.74 Å². The molecule has 0 spiro atoms. The number of aryl methyl sites for hydroxylation is 2. The van der Waals surface area contributed by atoms with E-state index in [-0.39, 0.29) is 16.6 Å². The molecule has 0 aliphatic carbocycles. The van der Waals surface area contributed by atoms with Crippen LogP contribution in [-0.4, -0.2) is 55.1 Å². The molecule has 1 atom stereocenters. The fraction of sp³-hybridized carbons (Fsp3) is 0.630. The minimum atomic E-state index is -0.111. The molecule has 0 radical (unpaired) electrons. The van der Waals surface area contributed by atoms with E-state index in [1.165, 1.54) is 5.56 Å². The smallest absolute Gasteiger partial charge is 0.180 e. The van der Waals surface area contributed by atoms with E-state index in [1.807, 2.05) is 13.1 Å². The van der Waals surface area contributed by atoms with Crippen molar-refractivity contribution in [3.05, 3.63) is 47.9 Å². The molecular formula is C27H40N6O. The summed E-state index contributed by atoms with van der Waals surface area (Å²) in [7, 11) is 0. The molecule has 4 rings (SSSR count). The fourth-order valence-corrected chi connectivity index (χ4v) is 5.15. The predicted octanol–water partition coefficient (Wildman–Crippen LogP) is 5.21. The zero-order chi connectivity index (χ0) is 24.4. The molecule has 1 aliphatic heterocycles. The number of likely N-dealkylation sites (tertiary alicyclic amines) is 1. The SMILES string of the molecule is CCCC(C)(C)OC[C@]1(CCc2nc3ncncc3[nH]2)CCN(C(C)(C)c2ccc(C)nc2)C1. The van der Waals surface area contributed by atoms with Gasteiger partial charge in [-0.2, -0.15) is 0 Å². The third-order valence-electron chi connectivity index (χ3n) is 7.57. The van der Waals surface area contributed by atoms with Crippen molar-refractivity contribution in [2.75, 3.05) is 19.7 Å². The highest BCUT2D eigenvalue weighted by Gasteiger charge is 2.44. The van der Waals surface area contributed by atoms with Crippen LogP contribution in [0.5, 0.6) is 0 Å². The zero-order valence-electron chi connectivity index (χ0n) is 21.7. The summed E-state index contributed by atoms with van der Waals surface area (Å²) in [6, 6.07) is 4.33. The van der Waals surface area contributed by atoms with Gasteiger partial charge < -0.3 is 9.72 Å². The molecule has 7 heteroatoms. The quantitative estimate of drug-likeness (QED) is 0.444. The number of pyridine rings is 1. The van der Waals surface area contributed by atoms with E-state index in [4.69, 9.17) is 9.72 Å². The zero-order valence-corrected chi connectivity index (χ0v) is 21.7. The lowest BCUT2D eigenvalue weighted by atomic mass is 9.82. The molecule has 34 heavy (non-hydrogen) atoms. The van der Waals surface area contributed by atoms with Gasteiger partial charge in [-0.1, -0.05) is 19.4 Å². The van der Waals surface area contributed by atoms with Crippen LogP contribution in [0.1, 0.15) is 77.4 Å². The van der Waals surface area contributed by atoms with Crippen molar-refractivity contribution in [2.24, 2.45) is 5.41 Å². The van der Waals surface area contributed by atoms with Crippen molar-refractivity contribution in [3.8, 4) is 0 Å². The van der Waals surface area contributed by atoms with Gasteiger partial charge in [0.25, 0.3) is 0 Å². The second-order valence-corrected chi connectivity index (χ2v) is 11.2. The molecule has 1 N–H and O–H groups in total. The topological polar surface area (TPSA) is 79.8 Å². The van der Waals surface area contributed by atoms with Crippen LogP contribution < -0.4 is 0 Å². The normalized spacial score (nSPS) is 19.8. The largest absolute Gasteiger partial charge is 0.375 e. The number of aromatic nitrogens is 5.